The normalized spacial score (nSPS) is 19.7. The molecule has 0 radical (unpaired) electrons. The van der Waals surface area contributed by atoms with E-state index in [2.05, 4.69) is 36.9 Å². The quantitative estimate of drug-likeness (QED) is 0.783. The summed E-state index contributed by atoms with van der Waals surface area (Å²) in [6, 6.07) is 7.09. The highest BCUT2D eigenvalue weighted by Crippen LogP contribution is 2.21. The van der Waals surface area contributed by atoms with Crippen molar-refractivity contribution in [1.82, 2.24) is 4.90 Å². The molecule has 0 amide bonds. The smallest absolute Gasteiger partial charge is 0.122 e. The summed E-state index contributed by atoms with van der Waals surface area (Å²) in [5, 5.41) is 0. The third-order valence-corrected chi connectivity index (χ3v) is 4.44. The summed E-state index contributed by atoms with van der Waals surface area (Å²) in [5.74, 6) is 1.03. The summed E-state index contributed by atoms with van der Waals surface area (Å²) in [6.45, 7) is 8.19. The van der Waals surface area contributed by atoms with E-state index in [9.17, 15) is 0 Å². The molecular weight excluding hydrogens is 260 g/mol. The van der Waals surface area contributed by atoms with Gasteiger partial charge in [-0.1, -0.05) is 18.6 Å². The maximum Gasteiger partial charge on any atom is 0.122 e. The van der Waals surface area contributed by atoms with Gasteiger partial charge in [0.2, 0.25) is 0 Å². The Bertz CT molecular complexity index is 431. The van der Waals surface area contributed by atoms with Crippen LogP contribution in [0.2, 0.25) is 0 Å². The van der Waals surface area contributed by atoms with Crippen molar-refractivity contribution in [2.45, 2.75) is 52.0 Å². The van der Waals surface area contributed by atoms with E-state index >= 15 is 0 Å². The molecule has 1 aliphatic heterocycles. The van der Waals surface area contributed by atoms with Gasteiger partial charge in [-0.05, 0) is 69.8 Å². The number of piperidine rings is 1. The molecule has 1 unspecified atom stereocenters. The number of benzene rings is 1. The van der Waals surface area contributed by atoms with Crippen molar-refractivity contribution in [2.75, 3.05) is 26.2 Å². The van der Waals surface area contributed by atoms with Gasteiger partial charge in [0.25, 0.3) is 0 Å². The second kappa shape index (κ2) is 8.40. The van der Waals surface area contributed by atoms with E-state index in [0.717, 1.165) is 38.3 Å². The van der Waals surface area contributed by atoms with Gasteiger partial charge in [-0.15, -0.1) is 0 Å². The molecule has 1 saturated heterocycles. The largest absolute Gasteiger partial charge is 0.493 e. The Balaban J connectivity index is 1.74. The molecule has 21 heavy (non-hydrogen) atoms. The molecule has 1 aromatic rings. The number of nitrogens with two attached hydrogens (primary N) is 1. The zero-order valence-electron chi connectivity index (χ0n) is 13.6. The van der Waals surface area contributed by atoms with Crippen molar-refractivity contribution < 1.29 is 4.74 Å². The first-order chi connectivity index (χ1) is 10.2. The molecule has 0 saturated carbocycles. The summed E-state index contributed by atoms with van der Waals surface area (Å²) in [7, 11) is 0. The Hall–Kier alpha value is -1.06. The Kier molecular flexibility index (Phi) is 6.52. The van der Waals surface area contributed by atoms with Crippen molar-refractivity contribution in [1.29, 1.82) is 0 Å². The van der Waals surface area contributed by atoms with Gasteiger partial charge < -0.3 is 15.4 Å². The first kappa shape index (κ1) is 16.3. The number of nitrogens with zero attached hydrogens (tertiary/aromatic N) is 1. The van der Waals surface area contributed by atoms with Gasteiger partial charge in [0.1, 0.15) is 5.75 Å². The molecule has 0 aromatic heterocycles. The minimum Gasteiger partial charge on any atom is -0.493 e. The highest BCUT2D eigenvalue weighted by molar-refractivity contribution is 5.35. The standard InChI is InChI=1S/C18H30N2O/c1-15-7-8-16(2)18(14-15)21-13-5-12-20-11-4-3-6-17(20)9-10-19/h7-8,14,17H,3-6,9-13,19H2,1-2H3. The molecule has 1 heterocycles. The molecule has 0 aliphatic carbocycles. The van der Waals surface area contributed by atoms with Gasteiger partial charge in [-0.25, -0.2) is 0 Å². The molecule has 1 aromatic carbocycles. The number of hydrogen-bond donors (Lipinski definition) is 1. The van der Waals surface area contributed by atoms with Crippen LogP contribution in [0.3, 0.4) is 0 Å². The third-order valence-electron chi connectivity index (χ3n) is 4.44. The van der Waals surface area contributed by atoms with E-state index < -0.39 is 0 Å². The topological polar surface area (TPSA) is 38.5 Å². The first-order valence-corrected chi connectivity index (χ1v) is 8.35. The molecule has 1 fully saturated rings. The van der Waals surface area contributed by atoms with Crippen molar-refractivity contribution in [3.63, 3.8) is 0 Å². The van der Waals surface area contributed by atoms with Crippen LogP contribution in [0.25, 0.3) is 0 Å². The van der Waals surface area contributed by atoms with Crippen LogP contribution in [0.1, 0.15) is 43.2 Å². The monoisotopic (exact) mass is 290 g/mol. The number of hydrogen-bond acceptors (Lipinski definition) is 3. The predicted octanol–water partition coefficient (Wildman–Crippen LogP) is 3.28. The highest BCUT2D eigenvalue weighted by Gasteiger charge is 2.20. The van der Waals surface area contributed by atoms with Gasteiger partial charge in [0, 0.05) is 12.6 Å². The van der Waals surface area contributed by atoms with Crippen LogP contribution in [0.4, 0.5) is 0 Å². The molecule has 0 spiro atoms. The SMILES string of the molecule is Cc1ccc(C)c(OCCCN2CCCCC2CCN)c1. The van der Waals surface area contributed by atoms with Crippen LogP contribution in [0.15, 0.2) is 18.2 Å². The predicted molar refractivity (Wildman–Crippen MR) is 88.9 cm³/mol. The summed E-state index contributed by atoms with van der Waals surface area (Å²) < 4.78 is 5.95. The lowest BCUT2D eigenvalue weighted by atomic mass is 9.99. The second-order valence-corrected chi connectivity index (χ2v) is 6.23. The van der Waals surface area contributed by atoms with Crippen LogP contribution < -0.4 is 10.5 Å². The maximum absolute atomic E-state index is 5.95. The zero-order valence-corrected chi connectivity index (χ0v) is 13.6. The molecule has 3 heteroatoms. The molecule has 0 bridgehead atoms. The minimum atomic E-state index is 0.699. The van der Waals surface area contributed by atoms with Gasteiger partial charge in [-0.2, -0.15) is 0 Å². The maximum atomic E-state index is 5.95. The van der Waals surface area contributed by atoms with Crippen molar-refractivity contribution in [2.24, 2.45) is 5.73 Å². The molecule has 2 N–H and O–H groups in total. The van der Waals surface area contributed by atoms with E-state index in [-0.39, 0.29) is 0 Å². The molecule has 2 rings (SSSR count). The van der Waals surface area contributed by atoms with E-state index in [1.807, 2.05) is 0 Å². The van der Waals surface area contributed by atoms with Crippen LogP contribution in [0.5, 0.6) is 5.75 Å². The van der Waals surface area contributed by atoms with Crippen LogP contribution in [0, 0.1) is 13.8 Å². The zero-order chi connectivity index (χ0) is 15.1. The summed E-state index contributed by atoms with van der Waals surface area (Å²) in [5.41, 5.74) is 8.21. The highest BCUT2D eigenvalue weighted by atomic mass is 16.5. The summed E-state index contributed by atoms with van der Waals surface area (Å²) in [6.07, 6.45) is 6.24. The van der Waals surface area contributed by atoms with Crippen LogP contribution in [-0.4, -0.2) is 37.2 Å². The molecule has 1 aliphatic rings. The van der Waals surface area contributed by atoms with E-state index in [1.165, 1.54) is 36.9 Å². The fourth-order valence-corrected chi connectivity index (χ4v) is 3.19. The summed E-state index contributed by atoms with van der Waals surface area (Å²) >= 11 is 0. The van der Waals surface area contributed by atoms with Crippen molar-refractivity contribution in [3.05, 3.63) is 29.3 Å². The number of aryl methyl sites for hydroxylation is 2. The number of ether oxygens (including phenoxy) is 1. The Morgan fingerprint density at radius 1 is 1.29 bits per heavy atom. The molecule has 3 nitrogen and oxygen atoms in total. The van der Waals surface area contributed by atoms with Gasteiger partial charge in [0.15, 0.2) is 0 Å². The van der Waals surface area contributed by atoms with E-state index in [4.69, 9.17) is 10.5 Å². The van der Waals surface area contributed by atoms with E-state index in [0.29, 0.717) is 6.04 Å². The van der Waals surface area contributed by atoms with Gasteiger partial charge in [-0.3, -0.25) is 0 Å². The third kappa shape index (κ3) is 5.01. The summed E-state index contributed by atoms with van der Waals surface area (Å²) in [4.78, 5) is 2.61. The minimum absolute atomic E-state index is 0.699. The lowest BCUT2D eigenvalue weighted by Gasteiger charge is -2.35. The molecule has 1 atom stereocenters. The van der Waals surface area contributed by atoms with Crippen molar-refractivity contribution >= 4 is 0 Å². The second-order valence-electron chi connectivity index (χ2n) is 6.23. The number of rotatable bonds is 7. The van der Waals surface area contributed by atoms with E-state index in [1.54, 1.807) is 0 Å². The van der Waals surface area contributed by atoms with Crippen LogP contribution in [-0.2, 0) is 0 Å². The van der Waals surface area contributed by atoms with Crippen LogP contribution >= 0.6 is 0 Å². The average molecular weight is 290 g/mol. The molecular formula is C18H30N2O. The lowest BCUT2D eigenvalue weighted by molar-refractivity contribution is 0.132. The number of likely N-dealkylation sites (tertiary alicyclic amines) is 1. The van der Waals surface area contributed by atoms with Gasteiger partial charge >= 0.3 is 0 Å². The Morgan fingerprint density at radius 3 is 2.95 bits per heavy atom. The Labute approximate surface area is 129 Å². The lowest BCUT2D eigenvalue weighted by Crippen LogP contribution is -2.41. The molecule has 118 valence electrons. The average Bonchev–Trinajstić information content (AvgIpc) is 2.49. The van der Waals surface area contributed by atoms with Gasteiger partial charge in [0.05, 0.1) is 6.61 Å². The first-order valence-electron chi connectivity index (χ1n) is 8.35. The fourth-order valence-electron chi connectivity index (χ4n) is 3.19. The fraction of sp³-hybridized carbons (Fsp3) is 0.667. The van der Waals surface area contributed by atoms with Crippen molar-refractivity contribution in [3.8, 4) is 5.75 Å². The Morgan fingerprint density at radius 2 is 2.14 bits per heavy atom.